The molecule has 1 heterocycles. The molecule has 0 radical (unpaired) electrons. The van der Waals surface area contributed by atoms with E-state index in [1.165, 1.54) is 5.56 Å². The van der Waals surface area contributed by atoms with E-state index >= 15 is 0 Å². The molecule has 4 N–H and O–H groups in total. The van der Waals surface area contributed by atoms with Crippen LogP contribution < -0.4 is 20.1 Å². The quantitative estimate of drug-likeness (QED) is 0.119. The minimum absolute atomic E-state index is 0.00323. The summed E-state index contributed by atoms with van der Waals surface area (Å²) in [5.74, 6) is 1.55. The van der Waals surface area contributed by atoms with Gasteiger partial charge in [0.1, 0.15) is 17.3 Å². The van der Waals surface area contributed by atoms with Crippen LogP contribution in [0.15, 0.2) is 84.9 Å². The highest BCUT2D eigenvalue weighted by molar-refractivity contribution is 7.97. The number of aryl methyl sites for hydroxylation is 2. The molecule has 1 saturated heterocycles. The van der Waals surface area contributed by atoms with E-state index in [9.17, 15) is 14.7 Å². The molecule has 8 nitrogen and oxygen atoms in total. The van der Waals surface area contributed by atoms with Gasteiger partial charge in [-0.3, -0.25) is 9.59 Å². The van der Waals surface area contributed by atoms with Gasteiger partial charge in [0.05, 0.1) is 13.2 Å². The summed E-state index contributed by atoms with van der Waals surface area (Å²) >= 11 is 1.56. The van der Waals surface area contributed by atoms with Crippen molar-refractivity contribution in [3.63, 3.8) is 0 Å². The largest absolute Gasteiger partial charge is 0.497 e. The molecule has 1 aliphatic rings. The van der Waals surface area contributed by atoms with Gasteiger partial charge in [-0.25, -0.2) is 4.72 Å². The van der Waals surface area contributed by atoms with Crippen molar-refractivity contribution < 1.29 is 19.4 Å². The van der Waals surface area contributed by atoms with Gasteiger partial charge in [0.15, 0.2) is 0 Å². The summed E-state index contributed by atoms with van der Waals surface area (Å²) in [4.78, 5) is 29.3. The number of ether oxygens (including phenoxy) is 1. The molecule has 49 heavy (non-hydrogen) atoms. The topological polar surface area (TPSA) is 103 Å². The minimum atomic E-state index is -0.763. The van der Waals surface area contributed by atoms with Crippen LogP contribution in [0.3, 0.4) is 0 Å². The van der Waals surface area contributed by atoms with Gasteiger partial charge >= 0.3 is 0 Å². The Labute approximate surface area is 299 Å². The first-order chi connectivity index (χ1) is 23.7. The number of nitrogens with zero attached hydrogens (tertiary/aromatic N) is 1. The average Bonchev–Trinajstić information content (AvgIpc) is 3.47. The van der Waals surface area contributed by atoms with Crippen LogP contribution >= 0.6 is 11.9 Å². The zero-order valence-corrected chi connectivity index (χ0v) is 31.5. The molecular formula is C40H60N4O4S. The van der Waals surface area contributed by atoms with Crippen molar-refractivity contribution in [3.8, 4) is 5.75 Å². The molecule has 0 aliphatic carbocycles. The fourth-order valence-corrected chi connectivity index (χ4v) is 6.54. The number of hydrogen-bond donors (Lipinski definition) is 4. The van der Waals surface area contributed by atoms with Crippen molar-refractivity contribution in [1.82, 2.24) is 20.3 Å². The number of hydrogen-bond acceptors (Lipinski definition) is 7. The van der Waals surface area contributed by atoms with E-state index in [1.54, 1.807) is 24.0 Å². The Hall–Kier alpha value is -3.37. The number of methoxy groups -OCH3 is 1. The van der Waals surface area contributed by atoms with Crippen LogP contribution in [0.25, 0.3) is 0 Å². The number of nitrogens with one attached hydrogen (secondary N) is 3. The molecule has 9 heteroatoms. The zero-order valence-electron chi connectivity index (χ0n) is 30.7. The third-order valence-electron chi connectivity index (χ3n) is 8.77. The second kappa shape index (κ2) is 23.1. The number of carbonyl (C=O) groups excluding carboxylic acids is 2. The van der Waals surface area contributed by atoms with E-state index in [-0.39, 0.29) is 24.3 Å². The number of aliphatic hydroxyl groups is 1. The Bertz CT molecular complexity index is 1350. The van der Waals surface area contributed by atoms with Crippen LogP contribution in [0.5, 0.6) is 5.75 Å². The Kier molecular flexibility index (Phi) is 19.7. The Balaban J connectivity index is 0.000000809. The molecule has 270 valence electrons. The molecule has 0 saturated carbocycles. The van der Waals surface area contributed by atoms with Gasteiger partial charge in [0, 0.05) is 31.9 Å². The highest BCUT2D eigenvalue weighted by Gasteiger charge is 2.52. The van der Waals surface area contributed by atoms with Gasteiger partial charge in [-0.2, -0.15) is 0 Å². The van der Waals surface area contributed by atoms with Crippen molar-refractivity contribution in [2.75, 3.05) is 32.5 Å². The SMILES string of the molecule is CC.CCSNC1([C@@H](C)CC)CCN(C(CCc2ccccc2)C(=O)NCC(O)CNCc2cccc(OC)c2)C1=O.Cc1ccccc1. The number of carbonyl (C=O) groups is 2. The Morgan fingerprint density at radius 3 is 2.22 bits per heavy atom. The predicted molar refractivity (Wildman–Crippen MR) is 205 cm³/mol. The lowest BCUT2D eigenvalue weighted by atomic mass is 9.83. The van der Waals surface area contributed by atoms with Gasteiger partial charge in [0.25, 0.3) is 0 Å². The first-order valence-electron chi connectivity index (χ1n) is 17.8. The molecule has 3 unspecified atom stereocenters. The van der Waals surface area contributed by atoms with Gasteiger partial charge in [-0.1, -0.05) is 131 Å². The molecule has 3 aromatic rings. The number of rotatable bonds is 17. The monoisotopic (exact) mass is 692 g/mol. The normalized spacial score (nSPS) is 17.1. The number of aliphatic hydroxyl groups excluding tert-OH is 1. The minimum Gasteiger partial charge on any atom is -0.497 e. The van der Waals surface area contributed by atoms with Crippen molar-refractivity contribution in [2.45, 2.75) is 91.5 Å². The molecular weight excluding hydrogens is 633 g/mol. The van der Waals surface area contributed by atoms with Crippen molar-refractivity contribution in [3.05, 3.63) is 102 Å². The van der Waals surface area contributed by atoms with E-state index in [0.717, 1.165) is 29.1 Å². The second-order valence-electron chi connectivity index (χ2n) is 12.1. The summed E-state index contributed by atoms with van der Waals surface area (Å²) < 4.78 is 8.74. The first kappa shape index (κ1) is 41.8. The highest BCUT2D eigenvalue weighted by atomic mass is 32.2. The predicted octanol–water partition coefficient (Wildman–Crippen LogP) is 6.56. The summed E-state index contributed by atoms with van der Waals surface area (Å²) in [5.41, 5.74) is 2.82. The number of amides is 2. The van der Waals surface area contributed by atoms with Gasteiger partial charge < -0.3 is 25.4 Å². The summed E-state index contributed by atoms with van der Waals surface area (Å²) in [7, 11) is 1.63. The van der Waals surface area contributed by atoms with Crippen molar-refractivity contribution >= 4 is 23.8 Å². The molecule has 4 rings (SSSR count). The van der Waals surface area contributed by atoms with Crippen LogP contribution in [0, 0.1) is 12.8 Å². The van der Waals surface area contributed by atoms with E-state index in [1.807, 2.05) is 86.6 Å². The third-order valence-corrected chi connectivity index (χ3v) is 9.56. The lowest BCUT2D eigenvalue weighted by molar-refractivity contribution is -0.141. The molecule has 1 aliphatic heterocycles. The molecule has 3 aromatic carbocycles. The molecule has 1 fully saturated rings. The maximum atomic E-state index is 14.0. The third kappa shape index (κ3) is 13.5. The van der Waals surface area contributed by atoms with E-state index in [0.29, 0.717) is 38.9 Å². The average molecular weight is 693 g/mol. The van der Waals surface area contributed by atoms with Crippen LogP contribution in [0.2, 0.25) is 0 Å². The first-order valence-corrected chi connectivity index (χ1v) is 18.8. The Morgan fingerprint density at radius 2 is 1.63 bits per heavy atom. The fourth-order valence-electron chi connectivity index (χ4n) is 5.75. The maximum absolute atomic E-state index is 14.0. The summed E-state index contributed by atoms with van der Waals surface area (Å²) in [6.07, 6.45) is 1.97. The van der Waals surface area contributed by atoms with E-state index in [4.69, 9.17) is 4.74 Å². The van der Waals surface area contributed by atoms with Crippen LogP contribution in [-0.4, -0.2) is 72.0 Å². The zero-order chi connectivity index (χ0) is 36.1. The summed E-state index contributed by atoms with van der Waals surface area (Å²) in [5, 5.41) is 16.7. The smallest absolute Gasteiger partial charge is 0.244 e. The number of likely N-dealkylation sites (tertiary alicyclic amines) is 1. The summed E-state index contributed by atoms with van der Waals surface area (Å²) in [6, 6.07) is 27.4. The number of benzene rings is 3. The maximum Gasteiger partial charge on any atom is 0.244 e. The molecule has 2 amide bonds. The highest BCUT2D eigenvalue weighted by Crippen LogP contribution is 2.36. The van der Waals surface area contributed by atoms with Gasteiger partial charge in [0.2, 0.25) is 11.8 Å². The van der Waals surface area contributed by atoms with E-state index < -0.39 is 17.7 Å². The van der Waals surface area contributed by atoms with Gasteiger partial charge in [-0.05, 0) is 55.4 Å². The van der Waals surface area contributed by atoms with Crippen LogP contribution in [0.1, 0.15) is 70.6 Å². The molecule has 0 aromatic heterocycles. The van der Waals surface area contributed by atoms with Crippen LogP contribution in [-0.2, 0) is 22.6 Å². The Morgan fingerprint density at radius 1 is 0.980 bits per heavy atom. The van der Waals surface area contributed by atoms with Crippen molar-refractivity contribution in [1.29, 1.82) is 0 Å². The second-order valence-corrected chi connectivity index (χ2v) is 13.2. The lowest BCUT2D eigenvalue weighted by Crippen LogP contribution is -2.57. The van der Waals surface area contributed by atoms with Crippen molar-refractivity contribution in [2.24, 2.45) is 5.92 Å². The molecule has 0 spiro atoms. The van der Waals surface area contributed by atoms with Crippen LogP contribution in [0.4, 0.5) is 0 Å². The van der Waals surface area contributed by atoms with E-state index in [2.05, 4.69) is 55.2 Å². The molecule has 0 bridgehead atoms. The van der Waals surface area contributed by atoms with Gasteiger partial charge in [-0.15, -0.1) is 0 Å². The molecule has 4 atom stereocenters. The fraction of sp³-hybridized carbons (Fsp3) is 0.500. The lowest BCUT2D eigenvalue weighted by Gasteiger charge is -2.35. The summed E-state index contributed by atoms with van der Waals surface area (Å²) in [6.45, 7) is 13.9. The standard InChI is InChI=1S/C31H46N4O4S.C7H8.C2H6/c1-5-23(3)31(34-40-6-2)17-18-35(30(31)38)28(16-15-24-11-8-7-9-12-24)29(37)33-22-26(36)21-32-20-25-13-10-14-27(19-25)39-4;1-7-5-3-2-4-6-7;1-2/h7-14,19,23,26,28,32,34,36H,5-6,15-18,20-22H2,1-4H3,(H,33,37);2-6H,1H3;1-2H3/t23-,26?,28?,31?;;/m0../s1.